The molecule has 5 rings (SSSR count). The lowest BCUT2D eigenvalue weighted by molar-refractivity contribution is 0.241. The van der Waals surface area contributed by atoms with Crippen LogP contribution < -0.4 is 5.56 Å². The van der Waals surface area contributed by atoms with Crippen molar-refractivity contribution >= 4 is 0 Å². The van der Waals surface area contributed by atoms with Gasteiger partial charge in [-0.2, -0.15) is 0 Å². The van der Waals surface area contributed by atoms with Crippen molar-refractivity contribution in [2.45, 2.75) is 26.4 Å². The predicted molar refractivity (Wildman–Crippen MR) is 123 cm³/mol. The fourth-order valence-corrected chi connectivity index (χ4v) is 4.02. The molecule has 2 aromatic heterocycles. The summed E-state index contributed by atoms with van der Waals surface area (Å²) in [5.41, 5.74) is 7.06. The van der Waals surface area contributed by atoms with Gasteiger partial charge in [-0.3, -0.25) is 14.7 Å². The van der Waals surface area contributed by atoms with Crippen molar-refractivity contribution in [2.24, 2.45) is 0 Å². The molecule has 0 amide bonds. The summed E-state index contributed by atoms with van der Waals surface area (Å²) in [6.45, 7) is 4.32. The maximum Gasteiger partial charge on any atom is 0.255 e. The van der Waals surface area contributed by atoms with Gasteiger partial charge in [0.1, 0.15) is 5.82 Å². The highest BCUT2D eigenvalue weighted by atomic mass is 16.1. The van der Waals surface area contributed by atoms with E-state index in [1.165, 1.54) is 5.56 Å². The van der Waals surface area contributed by atoms with Gasteiger partial charge in [-0.25, -0.2) is 4.98 Å². The Kier molecular flexibility index (Phi) is 5.18. The van der Waals surface area contributed by atoms with Crippen LogP contribution in [-0.4, -0.2) is 26.4 Å². The summed E-state index contributed by atoms with van der Waals surface area (Å²) in [6.07, 6.45) is 2.71. The zero-order valence-corrected chi connectivity index (χ0v) is 17.5. The van der Waals surface area contributed by atoms with Crippen LogP contribution in [0.4, 0.5) is 0 Å². The van der Waals surface area contributed by atoms with Crippen molar-refractivity contribution < 1.29 is 0 Å². The van der Waals surface area contributed by atoms with Gasteiger partial charge in [0, 0.05) is 43.4 Å². The first-order valence-electron chi connectivity index (χ1n) is 10.6. The summed E-state index contributed by atoms with van der Waals surface area (Å²) < 4.78 is 0. The molecule has 0 spiro atoms. The predicted octanol–water partition coefficient (Wildman–Crippen LogP) is 4.37. The average molecular weight is 409 g/mol. The van der Waals surface area contributed by atoms with Crippen molar-refractivity contribution in [1.29, 1.82) is 0 Å². The third kappa shape index (κ3) is 4.18. The fourth-order valence-electron chi connectivity index (χ4n) is 4.02. The Balaban J connectivity index is 1.31. The highest BCUT2D eigenvalue weighted by molar-refractivity contribution is 5.59. The first-order valence-corrected chi connectivity index (χ1v) is 10.6. The van der Waals surface area contributed by atoms with Gasteiger partial charge in [0.15, 0.2) is 0 Å². The van der Waals surface area contributed by atoms with Crippen LogP contribution in [0.5, 0.6) is 0 Å². The summed E-state index contributed by atoms with van der Waals surface area (Å²) in [5, 5.41) is 0. The van der Waals surface area contributed by atoms with Crippen LogP contribution >= 0.6 is 0 Å². The number of aromatic amines is 1. The van der Waals surface area contributed by atoms with Crippen LogP contribution in [0.3, 0.4) is 0 Å². The van der Waals surface area contributed by atoms with Crippen molar-refractivity contribution in [2.75, 3.05) is 6.54 Å². The largest absolute Gasteiger partial charge is 0.306 e. The Hall–Kier alpha value is -3.57. The van der Waals surface area contributed by atoms with E-state index in [9.17, 15) is 4.79 Å². The van der Waals surface area contributed by atoms with Crippen LogP contribution in [-0.2, 0) is 19.5 Å². The molecule has 4 aromatic rings. The molecule has 3 heterocycles. The molecule has 0 unspecified atom stereocenters. The monoisotopic (exact) mass is 408 g/mol. The Morgan fingerprint density at radius 3 is 2.52 bits per heavy atom. The lowest BCUT2D eigenvalue weighted by Crippen LogP contribution is -2.35. The van der Waals surface area contributed by atoms with Crippen molar-refractivity contribution in [3.05, 3.63) is 106 Å². The Morgan fingerprint density at radius 2 is 1.77 bits per heavy atom. The number of nitrogens with zero attached hydrogens (tertiary/aromatic N) is 3. The van der Waals surface area contributed by atoms with Gasteiger partial charge in [-0.1, -0.05) is 66.2 Å². The van der Waals surface area contributed by atoms with Crippen LogP contribution in [0.2, 0.25) is 0 Å². The van der Waals surface area contributed by atoms with Gasteiger partial charge >= 0.3 is 0 Å². The highest BCUT2D eigenvalue weighted by Gasteiger charge is 2.21. The highest BCUT2D eigenvalue weighted by Crippen LogP contribution is 2.21. The molecule has 0 saturated heterocycles. The maximum atomic E-state index is 12.7. The number of benzene rings is 2. The number of pyridine rings is 1. The Labute approximate surface area is 181 Å². The molecule has 31 heavy (non-hydrogen) atoms. The summed E-state index contributed by atoms with van der Waals surface area (Å²) >= 11 is 0. The van der Waals surface area contributed by atoms with Gasteiger partial charge < -0.3 is 4.98 Å². The Bertz CT molecular complexity index is 1250. The van der Waals surface area contributed by atoms with Crippen molar-refractivity contribution in [1.82, 2.24) is 19.9 Å². The molecule has 5 nitrogen and oxygen atoms in total. The van der Waals surface area contributed by atoms with Crippen molar-refractivity contribution in [3.63, 3.8) is 0 Å². The van der Waals surface area contributed by atoms with E-state index in [2.05, 4.69) is 58.2 Å². The first-order chi connectivity index (χ1) is 15.2. The molecule has 0 saturated carbocycles. The van der Waals surface area contributed by atoms with Gasteiger partial charge in [0.2, 0.25) is 0 Å². The minimum atomic E-state index is -0.0404. The summed E-state index contributed by atoms with van der Waals surface area (Å²) in [6, 6.07) is 22.4. The van der Waals surface area contributed by atoms with E-state index in [-0.39, 0.29) is 5.56 Å². The Morgan fingerprint density at radius 1 is 0.968 bits per heavy atom. The number of aromatic nitrogens is 3. The van der Waals surface area contributed by atoms with E-state index in [4.69, 9.17) is 4.98 Å². The summed E-state index contributed by atoms with van der Waals surface area (Å²) in [4.78, 5) is 27.4. The lowest BCUT2D eigenvalue weighted by Gasteiger charge is -2.27. The average Bonchev–Trinajstić information content (AvgIpc) is 2.81. The lowest BCUT2D eigenvalue weighted by atomic mass is 10.1. The number of nitrogens with one attached hydrogen (secondary N) is 1. The molecule has 1 N–H and O–H groups in total. The number of H-pyrrole nitrogens is 1. The number of hydrogen-bond acceptors (Lipinski definition) is 4. The van der Waals surface area contributed by atoms with E-state index in [1.54, 1.807) is 0 Å². The minimum absolute atomic E-state index is 0.0404. The van der Waals surface area contributed by atoms with Gasteiger partial charge in [-0.15, -0.1) is 0 Å². The summed E-state index contributed by atoms with van der Waals surface area (Å²) in [7, 11) is 0. The van der Waals surface area contributed by atoms with E-state index >= 15 is 0 Å². The molecule has 0 aliphatic carbocycles. The zero-order chi connectivity index (χ0) is 21.2. The second kappa shape index (κ2) is 8.28. The zero-order valence-electron chi connectivity index (χ0n) is 17.5. The smallest absolute Gasteiger partial charge is 0.255 e. The standard InChI is InChI=1S/C26H24N4O/c1-18-7-10-20(11-8-18)23-12-9-19(15-27-23)16-30-14-13-24-22(17-30)26(31)29-25(28-24)21-5-3-2-4-6-21/h2-12,15H,13-14,16-17H2,1H3,(H,28,29,31). The fraction of sp³-hybridized carbons (Fsp3) is 0.192. The number of rotatable bonds is 4. The van der Waals surface area contributed by atoms with Gasteiger partial charge in [-0.05, 0) is 18.6 Å². The number of aryl methyl sites for hydroxylation is 1. The third-order valence-corrected chi connectivity index (χ3v) is 5.77. The van der Waals surface area contributed by atoms with E-state index in [0.29, 0.717) is 12.4 Å². The van der Waals surface area contributed by atoms with Gasteiger partial charge in [0.25, 0.3) is 5.56 Å². The first kappa shape index (κ1) is 19.4. The molecule has 0 atom stereocenters. The number of fused-ring (bicyclic) bond motifs is 1. The molecule has 0 radical (unpaired) electrons. The molecule has 1 aliphatic rings. The molecule has 0 fully saturated rings. The van der Waals surface area contributed by atoms with Crippen LogP contribution in [0.1, 0.15) is 22.4 Å². The molecule has 2 aromatic carbocycles. The van der Waals surface area contributed by atoms with E-state index < -0.39 is 0 Å². The quantitative estimate of drug-likeness (QED) is 0.545. The van der Waals surface area contributed by atoms with Crippen LogP contribution in [0, 0.1) is 6.92 Å². The molecular weight excluding hydrogens is 384 g/mol. The topological polar surface area (TPSA) is 61.9 Å². The SMILES string of the molecule is Cc1ccc(-c2ccc(CN3CCc4nc(-c5ccccc5)[nH]c(=O)c4C3)cn2)cc1. The van der Waals surface area contributed by atoms with Crippen LogP contribution in [0.15, 0.2) is 77.7 Å². The normalized spacial score (nSPS) is 13.7. The molecule has 1 aliphatic heterocycles. The minimum Gasteiger partial charge on any atom is -0.306 e. The third-order valence-electron chi connectivity index (χ3n) is 5.77. The second-order valence-electron chi connectivity index (χ2n) is 8.08. The summed E-state index contributed by atoms with van der Waals surface area (Å²) in [5.74, 6) is 0.647. The van der Waals surface area contributed by atoms with Crippen LogP contribution in [0.25, 0.3) is 22.6 Å². The van der Waals surface area contributed by atoms with Gasteiger partial charge in [0.05, 0.1) is 17.0 Å². The molecule has 0 bridgehead atoms. The second-order valence-corrected chi connectivity index (χ2v) is 8.08. The molecule has 154 valence electrons. The van der Waals surface area contributed by atoms with E-state index in [0.717, 1.165) is 53.2 Å². The van der Waals surface area contributed by atoms with Crippen molar-refractivity contribution in [3.8, 4) is 22.6 Å². The molecule has 5 heteroatoms. The van der Waals surface area contributed by atoms with E-state index in [1.807, 2.05) is 36.5 Å². The maximum absolute atomic E-state index is 12.7. The molecular formula is C26H24N4O. The number of hydrogen-bond donors (Lipinski definition) is 1.